The van der Waals surface area contributed by atoms with Crippen molar-refractivity contribution in [1.82, 2.24) is 4.90 Å². The van der Waals surface area contributed by atoms with E-state index in [1.165, 1.54) is 12.8 Å². The lowest BCUT2D eigenvalue weighted by Gasteiger charge is -2.25. The molecule has 1 amide bonds. The summed E-state index contributed by atoms with van der Waals surface area (Å²) < 4.78 is 0. The number of likely N-dealkylation sites (tertiary alicyclic amines) is 1. The lowest BCUT2D eigenvalue weighted by Crippen LogP contribution is -2.40. The summed E-state index contributed by atoms with van der Waals surface area (Å²) in [5.41, 5.74) is 0.912. The summed E-state index contributed by atoms with van der Waals surface area (Å²) in [6.07, 6.45) is 4.51. The second kappa shape index (κ2) is 7.65. The number of hydrogen-bond acceptors (Lipinski definition) is 2. The van der Waals surface area contributed by atoms with Gasteiger partial charge < -0.3 is 4.90 Å². The van der Waals surface area contributed by atoms with Crippen molar-refractivity contribution in [1.29, 1.82) is 0 Å². The van der Waals surface area contributed by atoms with Crippen LogP contribution in [0.4, 0.5) is 5.69 Å². The second-order valence-electron chi connectivity index (χ2n) is 5.36. The summed E-state index contributed by atoms with van der Waals surface area (Å²) >= 11 is 6.05. The van der Waals surface area contributed by atoms with Crippen molar-refractivity contribution in [3.8, 4) is 0 Å². The monoisotopic (exact) mass is 294 g/mol. The van der Waals surface area contributed by atoms with E-state index in [2.05, 4.69) is 11.8 Å². The molecule has 2 rings (SSSR count). The summed E-state index contributed by atoms with van der Waals surface area (Å²) in [6.45, 7) is 5.52. The van der Waals surface area contributed by atoms with E-state index in [1.807, 2.05) is 29.2 Å². The number of carbonyl (C=O) groups excluding carboxylic acids is 1. The maximum Gasteiger partial charge on any atom is 0.241 e. The fourth-order valence-electron chi connectivity index (χ4n) is 2.58. The minimum absolute atomic E-state index is 0.183. The van der Waals surface area contributed by atoms with E-state index in [4.69, 9.17) is 11.6 Å². The number of unbranched alkanes of at least 4 members (excludes halogenated alkanes) is 1. The van der Waals surface area contributed by atoms with Gasteiger partial charge in [0, 0.05) is 17.3 Å². The van der Waals surface area contributed by atoms with Crippen LogP contribution in [0, 0.1) is 0 Å². The quantitative estimate of drug-likeness (QED) is 0.801. The molecule has 1 saturated heterocycles. The Morgan fingerprint density at radius 1 is 1.35 bits per heavy atom. The fraction of sp³-hybridized carbons (Fsp3) is 0.562. The van der Waals surface area contributed by atoms with Gasteiger partial charge in [-0.15, -0.1) is 0 Å². The van der Waals surface area contributed by atoms with Crippen molar-refractivity contribution in [2.24, 2.45) is 0 Å². The zero-order valence-electron chi connectivity index (χ0n) is 12.1. The van der Waals surface area contributed by atoms with Crippen molar-refractivity contribution in [2.75, 3.05) is 31.1 Å². The first-order valence-electron chi connectivity index (χ1n) is 7.49. The van der Waals surface area contributed by atoms with E-state index in [9.17, 15) is 4.79 Å². The SMILES string of the molecule is CCCCN(C(=O)CN1CCCC1)c1cccc(Cl)c1. The molecule has 1 aliphatic rings. The first-order valence-corrected chi connectivity index (χ1v) is 7.87. The highest BCUT2D eigenvalue weighted by atomic mass is 35.5. The molecule has 4 heteroatoms. The van der Waals surface area contributed by atoms with Gasteiger partial charge in [0.2, 0.25) is 5.91 Å². The number of amides is 1. The maximum atomic E-state index is 12.6. The molecule has 0 aromatic heterocycles. The van der Waals surface area contributed by atoms with Gasteiger partial charge >= 0.3 is 0 Å². The summed E-state index contributed by atoms with van der Waals surface area (Å²) in [7, 11) is 0. The fourth-order valence-corrected chi connectivity index (χ4v) is 2.76. The summed E-state index contributed by atoms with van der Waals surface area (Å²) in [5, 5.41) is 0.679. The number of nitrogens with zero attached hydrogens (tertiary/aromatic N) is 2. The van der Waals surface area contributed by atoms with Gasteiger partial charge in [-0.25, -0.2) is 0 Å². The molecular weight excluding hydrogens is 272 g/mol. The van der Waals surface area contributed by atoms with Crippen molar-refractivity contribution < 1.29 is 4.79 Å². The Kier molecular flexibility index (Phi) is 5.86. The predicted octanol–water partition coefficient (Wildman–Crippen LogP) is 3.57. The molecule has 0 unspecified atom stereocenters. The Bertz CT molecular complexity index is 444. The van der Waals surface area contributed by atoms with Crippen LogP contribution in [-0.2, 0) is 4.79 Å². The van der Waals surface area contributed by atoms with Crippen molar-refractivity contribution in [3.05, 3.63) is 29.3 Å². The van der Waals surface area contributed by atoms with Gasteiger partial charge in [-0.1, -0.05) is 31.0 Å². The first-order chi connectivity index (χ1) is 9.70. The van der Waals surface area contributed by atoms with E-state index in [-0.39, 0.29) is 5.91 Å². The molecule has 0 atom stereocenters. The summed E-state index contributed by atoms with van der Waals surface area (Å²) in [6, 6.07) is 7.58. The Morgan fingerprint density at radius 2 is 2.10 bits per heavy atom. The lowest BCUT2D eigenvalue weighted by molar-refractivity contribution is -0.119. The second-order valence-corrected chi connectivity index (χ2v) is 5.80. The third kappa shape index (κ3) is 4.22. The average Bonchev–Trinajstić information content (AvgIpc) is 2.92. The van der Waals surface area contributed by atoms with E-state index in [1.54, 1.807) is 0 Å². The van der Waals surface area contributed by atoms with E-state index < -0.39 is 0 Å². The highest BCUT2D eigenvalue weighted by Crippen LogP contribution is 2.21. The number of hydrogen-bond donors (Lipinski definition) is 0. The van der Waals surface area contributed by atoms with Crippen LogP contribution in [0.25, 0.3) is 0 Å². The molecule has 1 aromatic carbocycles. The molecule has 0 aliphatic carbocycles. The molecule has 1 aromatic rings. The molecule has 1 fully saturated rings. The Morgan fingerprint density at radius 3 is 2.75 bits per heavy atom. The molecule has 3 nitrogen and oxygen atoms in total. The molecule has 0 spiro atoms. The van der Waals surface area contributed by atoms with E-state index in [0.29, 0.717) is 11.6 Å². The van der Waals surface area contributed by atoms with Crippen LogP contribution in [0.1, 0.15) is 32.6 Å². The zero-order chi connectivity index (χ0) is 14.4. The van der Waals surface area contributed by atoms with Crippen LogP contribution < -0.4 is 4.90 Å². The molecule has 20 heavy (non-hydrogen) atoms. The third-order valence-electron chi connectivity index (χ3n) is 3.71. The standard InChI is InChI=1S/C16H23ClN2O/c1-2-3-11-19(15-8-6-7-14(17)12-15)16(20)13-18-9-4-5-10-18/h6-8,12H,2-5,9-11,13H2,1H3. The topological polar surface area (TPSA) is 23.6 Å². The van der Waals surface area contributed by atoms with Gasteiger partial charge in [-0.2, -0.15) is 0 Å². The minimum Gasteiger partial charge on any atom is -0.311 e. The van der Waals surface area contributed by atoms with Crippen LogP contribution in [0.3, 0.4) is 0 Å². The van der Waals surface area contributed by atoms with Gasteiger partial charge in [0.1, 0.15) is 0 Å². The number of carbonyl (C=O) groups is 1. The smallest absolute Gasteiger partial charge is 0.241 e. The van der Waals surface area contributed by atoms with Gasteiger partial charge in [-0.05, 0) is 50.6 Å². The van der Waals surface area contributed by atoms with Crippen molar-refractivity contribution >= 4 is 23.2 Å². The average molecular weight is 295 g/mol. The van der Waals surface area contributed by atoms with Crippen LogP contribution in [-0.4, -0.2) is 37.0 Å². The molecule has 0 radical (unpaired) electrons. The van der Waals surface area contributed by atoms with Crippen molar-refractivity contribution in [2.45, 2.75) is 32.6 Å². The van der Waals surface area contributed by atoms with Gasteiger partial charge in [0.25, 0.3) is 0 Å². The molecule has 1 heterocycles. The van der Waals surface area contributed by atoms with E-state index in [0.717, 1.165) is 38.2 Å². The minimum atomic E-state index is 0.183. The zero-order valence-corrected chi connectivity index (χ0v) is 12.9. The molecule has 1 aliphatic heterocycles. The van der Waals surface area contributed by atoms with Crippen molar-refractivity contribution in [3.63, 3.8) is 0 Å². The normalized spacial score (nSPS) is 15.5. The van der Waals surface area contributed by atoms with Crippen LogP contribution in [0.5, 0.6) is 0 Å². The predicted molar refractivity (Wildman–Crippen MR) is 84.4 cm³/mol. The van der Waals surface area contributed by atoms with Gasteiger partial charge in [-0.3, -0.25) is 9.69 Å². The summed E-state index contributed by atoms with van der Waals surface area (Å²) in [5.74, 6) is 0.183. The Hall–Kier alpha value is -1.06. The van der Waals surface area contributed by atoms with Crippen LogP contribution in [0.2, 0.25) is 5.02 Å². The molecule has 0 N–H and O–H groups in total. The largest absolute Gasteiger partial charge is 0.311 e. The lowest BCUT2D eigenvalue weighted by atomic mass is 10.2. The van der Waals surface area contributed by atoms with Gasteiger partial charge in [0.15, 0.2) is 0 Å². The molecule has 110 valence electrons. The van der Waals surface area contributed by atoms with E-state index >= 15 is 0 Å². The molecule has 0 saturated carbocycles. The third-order valence-corrected chi connectivity index (χ3v) is 3.95. The number of anilines is 1. The van der Waals surface area contributed by atoms with Crippen LogP contribution in [0.15, 0.2) is 24.3 Å². The Labute approximate surface area is 126 Å². The number of benzene rings is 1. The summed E-state index contributed by atoms with van der Waals surface area (Å²) in [4.78, 5) is 16.7. The van der Waals surface area contributed by atoms with Gasteiger partial charge in [0.05, 0.1) is 6.54 Å². The molecule has 0 bridgehead atoms. The molecular formula is C16H23ClN2O. The Balaban J connectivity index is 2.07. The number of halogens is 1. The first kappa shape index (κ1) is 15.3. The highest BCUT2D eigenvalue weighted by Gasteiger charge is 2.20. The van der Waals surface area contributed by atoms with Crippen LogP contribution >= 0.6 is 11.6 Å². The number of rotatable bonds is 6. The highest BCUT2D eigenvalue weighted by molar-refractivity contribution is 6.30. The maximum absolute atomic E-state index is 12.6.